The number of fused-ring (bicyclic) bond motifs is 1. The zero-order valence-electron chi connectivity index (χ0n) is 9.75. The predicted molar refractivity (Wildman–Crippen MR) is 61.5 cm³/mol. The van der Waals surface area contributed by atoms with Crippen molar-refractivity contribution in [1.29, 1.82) is 0 Å². The van der Waals surface area contributed by atoms with Gasteiger partial charge in [-0.2, -0.15) is 0 Å². The standard InChI is InChI=1S/C12H13NO5/c1-6(11(13)14)17-8-3-2-7-4-10(12(15)16)18-9(7)5-8/h2-3,5-6,10H,4H2,1H3,(H2,13,14)(H,15,16). The highest BCUT2D eigenvalue weighted by atomic mass is 16.5. The summed E-state index contributed by atoms with van der Waals surface area (Å²) in [5.74, 6) is -0.679. The number of carbonyl (C=O) groups is 2. The van der Waals surface area contributed by atoms with E-state index in [1.165, 1.54) is 6.92 Å². The molecule has 0 spiro atoms. The number of hydrogen-bond acceptors (Lipinski definition) is 4. The van der Waals surface area contributed by atoms with E-state index in [0.29, 0.717) is 17.9 Å². The van der Waals surface area contributed by atoms with Crippen LogP contribution in [-0.4, -0.2) is 29.2 Å². The Morgan fingerprint density at radius 1 is 1.56 bits per heavy atom. The topological polar surface area (TPSA) is 98.8 Å². The van der Waals surface area contributed by atoms with E-state index in [1.807, 2.05) is 0 Å². The van der Waals surface area contributed by atoms with Gasteiger partial charge in [-0.25, -0.2) is 4.79 Å². The number of carbonyl (C=O) groups excluding carboxylic acids is 1. The summed E-state index contributed by atoms with van der Waals surface area (Å²) in [6.45, 7) is 1.54. The van der Waals surface area contributed by atoms with Gasteiger partial charge in [-0.15, -0.1) is 0 Å². The molecule has 2 unspecified atom stereocenters. The molecule has 0 aliphatic carbocycles. The molecule has 1 aliphatic heterocycles. The Bertz CT molecular complexity index is 499. The Balaban J connectivity index is 2.13. The quantitative estimate of drug-likeness (QED) is 0.803. The third-order valence-corrected chi connectivity index (χ3v) is 2.70. The molecule has 1 aromatic rings. The first kappa shape index (κ1) is 12.2. The molecule has 96 valence electrons. The lowest BCUT2D eigenvalue weighted by Gasteiger charge is -2.12. The molecule has 0 saturated heterocycles. The maximum absolute atomic E-state index is 10.9. The summed E-state index contributed by atoms with van der Waals surface area (Å²) in [5.41, 5.74) is 5.89. The van der Waals surface area contributed by atoms with Gasteiger partial charge in [-0.1, -0.05) is 6.07 Å². The van der Waals surface area contributed by atoms with Gasteiger partial charge in [0, 0.05) is 12.5 Å². The number of primary amides is 1. The Morgan fingerprint density at radius 3 is 2.89 bits per heavy atom. The highest BCUT2D eigenvalue weighted by Gasteiger charge is 2.29. The summed E-state index contributed by atoms with van der Waals surface area (Å²) in [7, 11) is 0. The van der Waals surface area contributed by atoms with Crippen LogP contribution < -0.4 is 15.2 Å². The van der Waals surface area contributed by atoms with Crippen molar-refractivity contribution in [1.82, 2.24) is 0 Å². The van der Waals surface area contributed by atoms with E-state index in [0.717, 1.165) is 5.56 Å². The van der Waals surface area contributed by atoms with Gasteiger partial charge in [0.25, 0.3) is 5.91 Å². The lowest BCUT2D eigenvalue weighted by Crippen LogP contribution is -2.30. The number of carboxylic acid groups (broad SMARTS) is 1. The van der Waals surface area contributed by atoms with Crippen LogP contribution in [0.3, 0.4) is 0 Å². The normalized spacial score (nSPS) is 18.6. The molecule has 1 aliphatic rings. The van der Waals surface area contributed by atoms with Gasteiger partial charge in [0.15, 0.2) is 12.2 Å². The minimum atomic E-state index is -1.00. The number of carboxylic acids is 1. The Kier molecular flexibility index (Phi) is 3.10. The van der Waals surface area contributed by atoms with Crippen molar-refractivity contribution in [2.45, 2.75) is 25.6 Å². The monoisotopic (exact) mass is 251 g/mol. The average Bonchev–Trinajstić information content (AvgIpc) is 2.71. The third-order valence-electron chi connectivity index (χ3n) is 2.70. The summed E-state index contributed by atoms with van der Waals surface area (Å²) in [6, 6.07) is 4.95. The Morgan fingerprint density at radius 2 is 2.28 bits per heavy atom. The Hall–Kier alpha value is -2.24. The van der Waals surface area contributed by atoms with Crippen molar-refractivity contribution in [3.63, 3.8) is 0 Å². The van der Waals surface area contributed by atoms with Crippen molar-refractivity contribution in [3.8, 4) is 11.5 Å². The van der Waals surface area contributed by atoms with Crippen molar-refractivity contribution >= 4 is 11.9 Å². The second kappa shape index (κ2) is 4.56. The number of rotatable bonds is 4. The molecule has 1 amide bonds. The smallest absolute Gasteiger partial charge is 0.345 e. The number of nitrogens with two attached hydrogens (primary N) is 1. The molecular formula is C12H13NO5. The molecule has 1 heterocycles. The molecule has 2 atom stereocenters. The maximum atomic E-state index is 10.9. The lowest BCUT2D eigenvalue weighted by molar-refractivity contribution is -0.144. The molecule has 0 fully saturated rings. The first-order valence-corrected chi connectivity index (χ1v) is 5.45. The van der Waals surface area contributed by atoms with Gasteiger partial charge in [0.1, 0.15) is 11.5 Å². The summed E-state index contributed by atoms with van der Waals surface area (Å²) in [5, 5.41) is 8.86. The van der Waals surface area contributed by atoms with Crippen molar-refractivity contribution in [2.75, 3.05) is 0 Å². The van der Waals surface area contributed by atoms with E-state index in [4.69, 9.17) is 20.3 Å². The third kappa shape index (κ3) is 2.37. The van der Waals surface area contributed by atoms with Crippen LogP contribution in [0.25, 0.3) is 0 Å². The molecule has 1 aromatic carbocycles. The fraction of sp³-hybridized carbons (Fsp3) is 0.333. The minimum Gasteiger partial charge on any atom is -0.481 e. The molecule has 6 heteroatoms. The molecular weight excluding hydrogens is 238 g/mol. The minimum absolute atomic E-state index is 0.330. The van der Waals surface area contributed by atoms with E-state index in [9.17, 15) is 9.59 Å². The fourth-order valence-electron chi connectivity index (χ4n) is 1.68. The zero-order valence-corrected chi connectivity index (χ0v) is 9.75. The van der Waals surface area contributed by atoms with E-state index < -0.39 is 24.1 Å². The largest absolute Gasteiger partial charge is 0.481 e. The van der Waals surface area contributed by atoms with Crippen LogP contribution in [0.1, 0.15) is 12.5 Å². The Labute approximate surface area is 103 Å². The molecule has 3 N–H and O–H groups in total. The van der Waals surface area contributed by atoms with Gasteiger partial charge < -0.3 is 20.3 Å². The molecule has 6 nitrogen and oxygen atoms in total. The molecule has 2 rings (SSSR count). The SMILES string of the molecule is CC(Oc1ccc2c(c1)OC(C(=O)O)C2)C(N)=O. The first-order valence-electron chi connectivity index (χ1n) is 5.45. The van der Waals surface area contributed by atoms with E-state index in [-0.39, 0.29) is 0 Å². The van der Waals surface area contributed by atoms with Crippen LogP contribution in [0.15, 0.2) is 18.2 Å². The highest BCUT2D eigenvalue weighted by molar-refractivity contribution is 5.78. The number of hydrogen-bond donors (Lipinski definition) is 2. The summed E-state index contributed by atoms with van der Waals surface area (Å²) >= 11 is 0. The fourth-order valence-corrected chi connectivity index (χ4v) is 1.68. The van der Waals surface area contributed by atoms with E-state index in [1.54, 1.807) is 18.2 Å². The van der Waals surface area contributed by atoms with Crippen LogP contribution in [-0.2, 0) is 16.0 Å². The lowest BCUT2D eigenvalue weighted by atomic mass is 10.1. The van der Waals surface area contributed by atoms with Crippen LogP contribution in [0.4, 0.5) is 0 Å². The first-order chi connectivity index (χ1) is 8.47. The molecule has 0 saturated carbocycles. The zero-order chi connectivity index (χ0) is 13.3. The van der Waals surface area contributed by atoms with Gasteiger partial charge in [0.05, 0.1) is 0 Å². The molecule has 0 radical (unpaired) electrons. The number of ether oxygens (including phenoxy) is 2. The van der Waals surface area contributed by atoms with Crippen LogP contribution >= 0.6 is 0 Å². The summed E-state index contributed by atoms with van der Waals surface area (Å²) in [6.07, 6.45) is -1.28. The summed E-state index contributed by atoms with van der Waals surface area (Å²) in [4.78, 5) is 21.7. The molecule has 0 aromatic heterocycles. The van der Waals surface area contributed by atoms with Gasteiger partial charge in [-0.05, 0) is 18.6 Å². The van der Waals surface area contributed by atoms with Crippen molar-refractivity contribution in [2.24, 2.45) is 5.73 Å². The van der Waals surface area contributed by atoms with Gasteiger partial charge in [0.2, 0.25) is 0 Å². The van der Waals surface area contributed by atoms with Crippen molar-refractivity contribution in [3.05, 3.63) is 23.8 Å². The molecule has 0 bridgehead atoms. The van der Waals surface area contributed by atoms with E-state index >= 15 is 0 Å². The number of aliphatic carboxylic acids is 1. The van der Waals surface area contributed by atoms with Gasteiger partial charge in [-0.3, -0.25) is 4.79 Å². The van der Waals surface area contributed by atoms with E-state index in [2.05, 4.69) is 0 Å². The predicted octanol–water partition coefficient (Wildman–Crippen LogP) is 0.327. The second-order valence-corrected chi connectivity index (χ2v) is 4.08. The van der Waals surface area contributed by atoms with Crippen LogP contribution in [0, 0.1) is 0 Å². The molecule has 18 heavy (non-hydrogen) atoms. The van der Waals surface area contributed by atoms with Crippen molar-refractivity contribution < 1.29 is 24.2 Å². The summed E-state index contributed by atoms with van der Waals surface area (Å²) < 4.78 is 10.6. The van der Waals surface area contributed by atoms with Crippen LogP contribution in [0.2, 0.25) is 0 Å². The van der Waals surface area contributed by atoms with Crippen LogP contribution in [0.5, 0.6) is 11.5 Å². The highest BCUT2D eigenvalue weighted by Crippen LogP contribution is 2.32. The number of amides is 1. The maximum Gasteiger partial charge on any atom is 0.345 e. The average molecular weight is 251 g/mol. The second-order valence-electron chi connectivity index (χ2n) is 4.08. The number of benzene rings is 1. The van der Waals surface area contributed by atoms with Gasteiger partial charge >= 0.3 is 5.97 Å².